The summed E-state index contributed by atoms with van der Waals surface area (Å²) in [5.74, 6) is 6.25. The van der Waals surface area contributed by atoms with E-state index >= 15 is 0 Å². The number of nitrogens with one attached hydrogen (secondary N) is 2. The second-order valence-electron chi connectivity index (χ2n) is 17.2. The lowest BCUT2D eigenvalue weighted by Gasteiger charge is -2.24. The molecule has 2 N–H and O–H groups in total. The Morgan fingerprint density at radius 3 is 1.14 bits per heavy atom. The summed E-state index contributed by atoms with van der Waals surface area (Å²) in [6, 6.07) is 16.0. The quantitative estimate of drug-likeness (QED) is 0.315. The largest absolute Gasteiger partial charge is 0.359 e. The fraction of sp³-hybridized carbons (Fsp3) is 0.674. The number of carbonyl (C=O) groups is 1. The van der Waals surface area contributed by atoms with E-state index in [9.17, 15) is 4.79 Å². The highest BCUT2D eigenvalue weighted by Gasteiger charge is 2.16. The van der Waals surface area contributed by atoms with Gasteiger partial charge in [-0.15, -0.1) is 0 Å². The van der Waals surface area contributed by atoms with Gasteiger partial charge in [0.1, 0.15) is 0 Å². The Labute approximate surface area is 307 Å². The van der Waals surface area contributed by atoms with E-state index in [2.05, 4.69) is 153 Å². The summed E-state index contributed by atoms with van der Waals surface area (Å²) in [4.78, 5) is 10.8. The zero-order chi connectivity index (χ0) is 38.5. The van der Waals surface area contributed by atoms with E-state index in [1.54, 1.807) is 0 Å². The topological polar surface area (TPSA) is 41.1 Å². The first-order valence-corrected chi connectivity index (χ1v) is 19.6. The summed E-state index contributed by atoms with van der Waals surface area (Å²) in [5.41, 5.74) is 5.74. The van der Waals surface area contributed by atoms with Crippen LogP contribution in [0, 0.1) is 41.4 Å². The van der Waals surface area contributed by atoms with Crippen LogP contribution in [0.1, 0.15) is 161 Å². The maximum absolute atomic E-state index is 10.8. The van der Waals surface area contributed by atoms with Crippen LogP contribution in [0.4, 0.5) is 11.4 Å². The number of rotatable bonds is 1. The van der Waals surface area contributed by atoms with Crippen molar-refractivity contribution in [2.24, 2.45) is 41.4 Å². The molecule has 2 heterocycles. The van der Waals surface area contributed by atoms with Crippen molar-refractivity contribution in [3.63, 3.8) is 0 Å². The Morgan fingerprint density at radius 1 is 0.510 bits per heavy atom. The molecule has 3 heteroatoms. The number of allylic oxidation sites excluding steroid dienone is 1. The second-order valence-corrected chi connectivity index (χ2v) is 17.2. The molecule has 0 aromatic heterocycles. The number of amides is 1. The number of hydrogen-bond donors (Lipinski definition) is 2. The predicted octanol–water partition coefficient (Wildman–Crippen LogP) is 14.9. The van der Waals surface area contributed by atoms with Crippen molar-refractivity contribution in [1.82, 2.24) is 0 Å². The molecule has 0 atom stereocenters. The SMILES string of the molecule is C=C1Cc2ccccc2N1.CC(C)C.CC(C)C.CC(C)C.CC(C)C.CC(C)C.CC(C)C1CCCCC1.O=C1Cc2ccccc2N1. The highest BCUT2D eigenvalue weighted by molar-refractivity contribution is 5.98. The average molecular weight is 681 g/mol. The molecule has 0 radical (unpaired) electrons. The van der Waals surface area contributed by atoms with Crippen molar-refractivity contribution in [1.29, 1.82) is 0 Å². The minimum Gasteiger partial charge on any atom is -0.359 e. The van der Waals surface area contributed by atoms with Crippen LogP contribution in [0.15, 0.2) is 60.8 Å². The minimum atomic E-state index is 0.0983. The molecule has 0 unspecified atom stereocenters. The van der Waals surface area contributed by atoms with Crippen molar-refractivity contribution >= 4 is 17.3 Å². The third-order valence-electron chi connectivity index (χ3n) is 5.97. The standard InChI is InChI=1S/C9H9N.C9H18.C8H7NO.5C4H10/c1-7-6-8-4-2-3-5-9(8)10-7;1-8(2)9-6-4-3-5-7-9;10-8-5-6-3-1-2-4-7(6)9-8;5*1-4(2)3/h2-5,10H,1,6H2;8-9H,3-7H2,1-2H3;1-4H,5H2,(H,9,10);5*4H,1-3H3. The van der Waals surface area contributed by atoms with Crippen molar-refractivity contribution in [2.75, 3.05) is 10.6 Å². The molecule has 0 bridgehead atoms. The van der Waals surface area contributed by atoms with Gasteiger partial charge in [-0.3, -0.25) is 4.79 Å². The highest BCUT2D eigenvalue weighted by Crippen LogP contribution is 2.29. The lowest BCUT2D eigenvalue weighted by Crippen LogP contribution is -2.12. The van der Waals surface area contributed by atoms with E-state index in [0.29, 0.717) is 6.42 Å². The molecule has 0 spiro atoms. The number of benzene rings is 2. The van der Waals surface area contributed by atoms with E-state index < -0.39 is 0 Å². The van der Waals surface area contributed by atoms with Gasteiger partial charge < -0.3 is 10.6 Å². The molecule has 3 aliphatic rings. The van der Waals surface area contributed by atoms with Crippen molar-refractivity contribution in [2.45, 2.75) is 163 Å². The van der Waals surface area contributed by atoms with Crippen molar-refractivity contribution < 1.29 is 4.79 Å². The van der Waals surface area contributed by atoms with Crippen molar-refractivity contribution in [3.8, 4) is 0 Å². The Kier molecular flexibility index (Phi) is 32.6. The lowest BCUT2D eigenvalue weighted by molar-refractivity contribution is -0.115. The molecule has 49 heavy (non-hydrogen) atoms. The maximum Gasteiger partial charge on any atom is 0.228 e. The van der Waals surface area contributed by atoms with Gasteiger partial charge in [-0.1, -0.05) is 193 Å². The van der Waals surface area contributed by atoms with Crippen molar-refractivity contribution in [3.05, 3.63) is 71.9 Å². The van der Waals surface area contributed by atoms with Crippen LogP contribution >= 0.6 is 0 Å². The predicted molar refractivity (Wildman–Crippen MR) is 226 cm³/mol. The van der Waals surface area contributed by atoms with Gasteiger partial charge >= 0.3 is 0 Å². The highest BCUT2D eigenvalue weighted by atomic mass is 16.1. The summed E-state index contributed by atoms with van der Waals surface area (Å²) in [6.45, 7) is 41.1. The number of anilines is 2. The molecule has 284 valence electrons. The van der Waals surface area contributed by atoms with E-state index in [1.165, 1.54) is 43.4 Å². The summed E-state index contributed by atoms with van der Waals surface area (Å²) in [7, 11) is 0. The molecule has 2 aromatic rings. The van der Waals surface area contributed by atoms with Crippen LogP contribution in [0.3, 0.4) is 0 Å². The monoisotopic (exact) mass is 681 g/mol. The molecule has 1 fully saturated rings. The Balaban J connectivity index is -0.000000516. The van der Waals surface area contributed by atoms with E-state index in [4.69, 9.17) is 0 Å². The van der Waals surface area contributed by atoms with Crippen LogP contribution in [-0.4, -0.2) is 5.91 Å². The molecule has 2 aromatic carbocycles. The van der Waals surface area contributed by atoms with Gasteiger partial charge in [0.25, 0.3) is 0 Å². The smallest absolute Gasteiger partial charge is 0.228 e. The lowest BCUT2D eigenvalue weighted by atomic mass is 9.82. The van der Waals surface area contributed by atoms with Crippen LogP contribution in [0.5, 0.6) is 0 Å². The number of fused-ring (bicyclic) bond motifs is 2. The van der Waals surface area contributed by atoms with Gasteiger partial charge in [-0.25, -0.2) is 0 Å². The molecule has 2 aliphatic heterocycles. The first kappa shape index (κ1) is 50.8. The van der Waals surface area contributed by atoms with Gasteiger partial charge in [-0.05, 0) is 64.7 Å². The second kappa shape index (κ2) is 31.4. The Morgan fingerprint density at radius 2 is 0.837 bits per heavy atom. The molecule has 1 aliphatic carbocycles. The van der Waals surface area contributed by atoms with Crippen LogP contribution in [-0.2, 0) is 17.6 Å². The first-order valence-electron chi connectivity index (χ1n) is 19.6. The fourth-order valence-corrected chi connectivity index (χ4v) is 4.23. The van der Waals surface area contributed by atoms with E-state index in [1.807, 2.05) is 30.3 Å². The van der Waals surface area contributed by atoms with Gasteiger partial charge in [0.05, 0.1) is 6.42 Å². The van der Waals surface area contributed by atoms with Crippen LogP contribution in [0.2, 0.25) is 0 Å². The zero-order valence-electron chi connectivity index (χ0n) is 35.7. The van der Waals surface area contributed by atoms with E-state index in [0.717, 1.165) is 64.8 Å². The third kappa shape index (κ3) is 38.1. The summed E-state index contributed by atoms with van der Waals surface area (Å²) < 4.78 is 0. The maximum atomic E-state index is 10.8. The van der Waals surface area contributed by atoms with Crippen LogP contribution < -0.4 is 10.6 Å². The molecule has 5 rings (SSSR count). The number of para-hydroxylation sites is 2. The Bertz CT molecular complexity index is 896. The minimum absolute atomic E-state index is 0.0983. The molecule has 3 nitrogen and oxygen atoms in total. The number of hydrogen-bond acceptors (Lipinski definition) is 2. The van der Waals surface area contributed by atoms with Gasteiger partial charge in [-0.2, -0.15) is 0 Å². The van der Waals surface area contributed by atoms with Crippen LogP contribution in [0.25, 0.3) is 0 Å². The molecule has 1 saturated carbocycles. The van der Waals surface area contributed by atoms with Gasteiger partial charge in [0, 0.05) is 23.5 Å². The first-order chi connectivity index (χ1) is 22.7. The Hall–Kier alpha value is -2.55. The van der Waals surface area contributed by atoms with E-state index in [-0.39, 0.29) is 5.91 Å². The summed E-state index contributed by atoms with van der Waals surface area (Å²) in [5, 5.41) is 5.96. The molecule has 1 amide bonds. The number of carbonyl (C=O) groups excluding carboxylic acids is 1. The molecule has 0 saturated heterocycles. The van der Waals surface area contributed by atoms with Gasteiger partial charge in [0.15, 0.2) is 0 Å². The third-order valence-corrected chi connectivity index (χ3v) is 5.97. The summed E-state index contributed by atoms with van der Waals surface area (Å²) >= 11 is 0. The average Bonchev–Trinajstić information content (AvgIpc) is 3.53. The normalized spacial score (nSPS) is 13.9. The van der Waals surface area contributed by atoms with Gasteiger partial charge in [0.2, 0.25) is 5.91 Å². The zero-order valence-corrected chi connectivity index (χ0v) is 35.7. The summed E-state index contributed by atoms with van der Waals surface area (Å²) in [6.07, 6.45) is 8.98. The molecular weight excluding hydrogens is 597 g/mol. The fourth-order valence-electron chi connectivity index (χ4n) is 4.23. The molecular formula is C46H84N2O.